The summed E-state index contributed by atoms with van der Waals surface area (Å²) in [5.74, 6) is 0.0259. The molecule has 0 saturated carbocycles. The van der Waals surface area contributed by atoms with Crippen LogP contribution in [0.5, 0.6) is 0 Å². The maximum absolute atomic E-state index is 13.1. The van der Waals surface area contributed by atoms with E-state index >= 15 is 0 Å². The van der Waals surface area contributed by atoms with Crippen LogP contribution in [0.25, 0.3) is 33.4 Å². The Bertz CT molecular complexity index is 2910. The number of aryl methyl sites for hydroxylation is 5. The largest absolute Gasteiger partial charge is 0.456 e. The van der Waals surface area contributed by atoms with Gasteiger partial charge in [0.15, 0.2) is 0 Å². The summed E-state index contributed by atoms with van der Waals surface area (Å²) in [5, 5.41) is 3.58. The second kappa shape index (κ2) is 15.2. The van der Waals surface area contributed by atoms with Crippen LogP contribution in [0.2, 0.25) is 0 Å². The Hall–Kier alpha value is -4.90. The number of hydrogen-bond donors (Lipinski definition) is 4. The van der Waals surface area contributed by atoms with E-state index in [9.17, 15) is 38.9 Å². The van der Waals surface area contributed by atoms with Crippen LogP contribution in [0, 0.1) is 13.8 Å². The molecule has 4 N–H and O–H groups in total. The quantitative estimate of drug-likeness (QED) is 0.0719. The first-order valence-electron chi connectivity index (χ1n) is 18.0. The molecule has 0 fully saturated rings. The Labute approximate surface area is 326 Å². The minimum atomic E-state index is -5.06. The van der Waals surface area contributed by atoms with Crippen molar-refractivity contribution in [2.24, 2.45) is 4.99 Å². The number of nitrogens with zero attached hydrogens (tertiary/aromatic N) is 1. The van der Waals surface area contributed by atoms with Crippen LogP contribution < -0.4 is 10.7 Å². The van der Waals surface area contributed by atoms with E-state index < -0.39 is 40.1 Å². The zero-order chi connectivity index (χ0) is 40.9. The Morgan fingerprint density at radius 3 is 1.86 bits per heavy atom. The molecule has 4 aromatic carbocycles. The second-order valence-electron chi connectivity index (χ2n) is 13.5. The molecule has 0 saturated heterocycles. The van der Waals surface area contributed by atoms with Gasteiger partial charge in [0.2, 0.25) is 0 Å². The predicted molar refractivity (Wildman–Crippen MR) is 216 cm³/mol. The van der Waals surface area contributed by atoms with Crippen LogP contribution in [0.15, 0.2) is 96.9 Å². The zero-order valence-electron chi connectivity index (χ0n) is 31.6. The fourth-order valence-electron chi connectivity index (χ4n) is 7.42. The molecule has 0 spiro atoms. The Morgan fingerprint density at radius 1 is 0.661 bits per heavy atom. The molecule has 0 amide bonds. The van der Waals surface area contributed by atoms with E-state index in [0.29, 0.717) is 23.1 Å². The third-order valence-electron chi connectivity index (χ3n) is 9.83. The van der Waals surface area contributed by atoms with Crippen molar-refractivity contribution >= 4 is 58.4 Å². The Morgan fingerprint density at radius 2 is 1.29 bits per heavy atom. The molecular formula is C41H42N2O10S3. The number of benzene rings is 5. The Balaban J connectivity index is 1.76. The van der Waals surface area contributed by atoms with Gasteiger partial charge in [0, 0.05) is 45.6 Å². The van der Waals surface area contributed by atoms with Gasteiger partial charge in [-0.05, 0) is 91.6 Å². The van der Waals surface area contributed by atoms with E-state index in [0.717, 1.165) is 41.3 Å². The van der Waals surface area contributed by atoms with Gasteiger partial charge in [0.1, 0.15) is 26.0 Å². The molecular weight excluding hydrogens is 777 g/mol. The van der Waals surface area contributed by atoms with E-state index in [2.05, 4.69) is 36.3 Å². The molecule has 0 atom stereocenters. The molecule has 1 heterocycles. The molecule has 4 aromatic rings. The molecule has 6 rings (SSSR count). The average molecular weight is 819 g/mol. The van der Waals surface area contributed by atoms with Gasteiger partial charge in [0.05, 0.1) is 11.0 Å². The summed E-state index contributed by atoms with van der Waals surface area (Å²) < 4.78 is 114. The second-order valence-corrected chi connectivity index (χ2v) is 17.7. The topological polar surface area (TPSA) is 201 Å². The molecule has 56 heavy (non-hydrogen) atoms. The highest BCUT2D eigenvalue weighted by Gasteiger charge is 2.28. The van der Waals surface area contributed by atoms with Crippen LogP contribution in [-0.4, -0.2) is 38.9 Å². The van der Waals surface area contributed by atoms with Crippen molar-refractivity contribution in [2.75, 3.05) is 5.32 Å². The summed E-state index contributed by atoms with van der Waals surface area (Å²) in [6, 6.07) is 19.0. The van der Waals surface area contributed by atoms with Gasteiger partial charge in [-0.25, -0.2) is 4.99 Å². The lowest BCUT2D eigenvalue weighted by atomic mass is 9.93. The summed E-state index contributed by atoms with van der Waals surface area (Å²) in [6.45, 7) is 11.2. The normalized spacial score (nSPS) is 12.8. The zero-order valence-corrected chi connectivity index (χ0v) is 34.1. The van der Waals surface area contributed by atoms with E-state index in [-0.39, 0.29) is 61.5 Å². The molecule has 12 nitrogen and oxygen atoms in total. The van der Waals surface area contributed by atoms with Crippen LogP contribution in [0.4, 0.5) is 17.1 Å². The highest BCUT2D eigenvalue weighted by Crippen LogP contribution is 2.44. The van der Waals surface area contributed by atoms with Gasteiger partial charge >= 0.3 is 0 Å². The van der Waals surface area contributed by atoms with Crippen molar-refractivity contribution in [1.29, 1.82) is 0 Å². The fraction of sp³-hybridized carbons (Fsp3) is 0.244. The first-order valence-corrected chi connectivity index (χ1v) is 22.3. The van der Waals surface area contributed by atoms with E-state index in [1.54, 1.807) is 44.2 Å². The molecule has 0 aromatic heterocycles. The van der Waals surface area contributed by atoms with Gasteiger partial charge in [-0.2, -0.15) is 25.3 Å². The minimum absolute atomic E-state index is 0.0259. The lowest BCUT2D eigenvalue weighted by Crippen LogP contribution is -2.17. The third-order valence-corrected chi connectivity index (χ3v) is 12.7. The summed E-state index contributed by atoms with van der Waals surface area (Å²) in [7, 11) is -14.6. The van der Waals surface area contributed by atoms with Crippen molar-refractivity contribution in [3.8, 4) is 22.5 Å². The van der Waals surface area contributed by atoms with E-state index in [4.69, 9.17) is 4.42 Å². The van der Waals surface area contributed by atoms with Gasteiger partial charge in [-0.3, -0.25) is 13.7 Å². The number of nitrogens with one attached hydrogen (secondary N) is 1. The first-order chi connectivity index (χ1) is 26.3. The van der Waals surface area contributed by atoms with Crippen molar-refractivity contribution in [2.45, 2.75) is 81.9 Å². The number of anilines is 2. The minimum Gasteiger partial charge on any atom is -0.456 e. The lowest BCUT2D eigenvalue weighted by molar-refractivity contribution is 0.479. The first kappa shape index (κ1) is 40.8. The fourth-order valence-corrected chi connectivity index (χ4v) is 9.77. The van der Waals surface area contributed by atoms with Crippen molar-refractivity contribution in [1.82, 2.24) is 0 Å². The molecule has 1 aliphatic heterocycles. The highest BCUT2D eigenvalue weighted by molar-refractivity contribution is 7.86. The number of fused-ring (bicyclic) bond motifs is 2. The van der Waals surface area contributed by atoms with Crippen molar-refractivity contribution in [3.63, 3.8) is 0 Å². The lowest BCUT2D eigenvalue weighted by Gasteiger charge is -2.20. The number of rotatable bonds is 11. The van der Waals surface area contributed by atoms with E-state index in [1.165, 1.54) is 31.2 Å². The summed E-state index contributed by atoms with van der Waals surface area (Å²) >= 11 is 0. The van der Waals surface area contributed by atoms with Gasteiger partial charge in [0.25, 0.3) is 30.4 Å². The summed E-state index contributed by atoms with van der Waals surface area (Å²) in [5.41, 5.74) is 6.54. The van der Waals surface area contributed by atoms with E-state index in [1.807, 2.05) is 6.92 Å². The van der Waals surface area contributed by atoms with Crippen molar-refractivity contribution in [3.05, 3.63) is 112 Å². The van der Waals surface area contributed by atoms with Crippen LogP contribution in [0.3, 0.4) is 0 Å². The Kier molecular flexibility index (Phi) is 11.1. The molecule has 0 bridgehead atoms. The van der Waals surface area contributed by atoms with Gasteiger partial charge in [-0.15, -0.1) is 0 Å². The standard InChI is InChI=1S/C41H42N2O10S3/c1-7-25-17-23(5)18-26(8-2)39(25)42-28-15-16-30-34(20-28)53-35-22-33(43-40-27(9-3)19-24(6)41(29(40)10-4)56(50,51)52)37(55(47,48)49)21-32(35)38(30)31-13-11-12-14-36(31)54(44,45)46/h11-22,42H,7-10H2,1-6H3,(H,44,45,46)(H,47,48,49)(H,50,51,52). The van der Waals surface area contributed by atoms with Crippen LogP contribution in [-0.2, 0) is 56.0 Å². The van der Waals surface area contributed by atoms with Gasteiger partial charge in [-0.1, -0.05) is 69.7 Å². The maximum atomic E-state index is 13.1. The molecule has 0 unspecified atom stereocenters. The van der Waals surface area contributed by atoms with Gasteiger partial charge < -0.3 is 9.73 Å². The monoisotopic (exact) mass is 818 g/mol. The van der Waals surface area contributed by atoms with Crippen LogP contribution >= 0.6 is 0 Å². The molecule has 2 aliphatic rings. The molecule has 294 valence electrons. The van der Waals surface area contributed by atoms with Crippen molar-refractivity contribution < 1.29 is 43.3 Å². The average Bonchev–Trinajstić information content (AvgIpc) is 3.12. The summed E-state index contributed by atoms with van der Waals surface area (Å²) in [4.78, 5) is 3.17. The smallest absolute Gasteiger partial charge is 0.296 e. The molecule has 15 heteroatoms. The molecule has 1 aliphatic carbocycles. The maximum Gasteiger partial charge on any atom is 0.296 e. The SMILES string of the molecule is CCc1cc(C)c(S(=O)(=O)O)c(CC)c1N=c1cc2oc3cc(Nc4c(CC)cc(C)cc4CC)ccc3c(-c3ccccc3S(=O)(=O)O)c-2cc1S(=O)(=O)O. The van der Waals surface area contributed by atoms with Crippen LogP contribution in [0.1, 0.15) is 61.1 Å². The predicted octanol–water partition coefficient (Wildman–Crippen LogP) is 8.79. The third kappa shape index (κ3) is 7.75. The number of hydrogen-bond acceptors (Lipinski definition) is 9. The summed E-state index contributed by atoms with van der Waals surface area (Å²) in [6.07, 6.45) is 1.99. The highest BCUT2D eigenvalue weighted by atomic mass is 32.2. The molecule has 0 radical (unpaired) electrons.